The van der Waals surface area contributed by atoms with Crippen molar-refractivity contribution in [3.63, 3.8) is 0 Å². The van der Waals surface area contributed by atoms with Crippen LogP contribution in [0.25, 0.3) is 11.5 Å². The summed E-state index contributed by atoms with van der Waals surface area (Å²) in [6, 6.07) is 5.74. The third-order valence-corrected chi connectivity index (χ3v) is 1.89. The summed E-state index contributed by atoms with van der Waals surface area (Å²) in [5, 5.41) is 3.85. The van der Waals surface area contributed by atoms with E-state index in [9.17, 15) is 0 Å². The van der Waals surface area contributed by atoms with Crippen LogP contribution >= 0.6 is 0 Å². The minimum absolute atomic E-state index is 0.561. The van der Waals surface area contributed by atoms with E-state index in [1.54, 1.807) is 0 Å². The molecular weight excluding hydrogens is 178 g/mol. The number of pyridine rings is 1. The average molecular weight is 189 g/mol. The molecule has 14 heavy (non-hydrogen) atoms. The average Bonchev–Trinajstić information content (AvgIpc) is 2.66. The smallest absolute Gasteiger partial charge is 0.226 e. The fourth-order valence-electron chi connectivity index (χ4n) is 1.17. The van der Waals surface area contributed by atoms with Crippen molar-refractivity contribution in [1.29, 1.82) is 0 Å². The van der Waals surface area contributed by atoms with Crippen molar-refractivity contribution < 1.29 is 4.52 Å². The maximum atomic E-state index is 5.01. The van der Waals surface area contributed by atoms with Gasteiger partial charge in [0.15, 0.2) is 0 Å². The zero-order valence-electron chi connectivity index (χ0n) is 8.19. The lowest BCUT2D eigenvalue weighted by Gasteiger charge is -1.94. The first-order valence-electron chi connectivity index (χ1n) is 4.56. The van der Waals surface area contributed by atoms with Crippen LogP contribution < -0.4 is 0 Å². The number of hydrogen-bond donors (Lipinski definition) is 0. The van der Waals surface area contributed by atoms with Gasteiger partial charge in [0, 0.05) is 12.1 Å². The second-order valence-corrected chi connectivity index (χ2v) is 3.03. The highest BCUT2D eigenvalue weighted by Gasteiger charge is 2.07. The molecule has 72 valence electrons. The van der Waals surface area contributed by atoms with Gasteiger partial charge in [0.25, 0.3) is 0 Å². The lowest BCUT2D eigenvalue weighted by Crippen LogP contribution is -1.88. The molecule has 0 aliphatic rings. The largest absolute Gasteiger partial charge is 0.339 e. The van der Waals surface area contributed by atoms with E-state index in [4.69, 9.17) is 4.52 Å². The van der Waals surface area contributed by atoms with Crippen molar-refractivity contribution in [3.05, 3.63) is 29.8 Å². The molecular formula is C10H11N3O. The van der Waals surface area contributed by atoms with Crippen molar-refractivity contribution in [2.75, 3.05) is 0 Å². The highest BCUT2D eigenvalue weighted by atomic mass is 16.5. The summed E-state index contributed by atoms with van der Waals surface area (Å²) in [5.41, 5.74) is 1.71. The Balaban J connectivity index is 2.39. The first kappa shape index (κ1) is 8.87. The molecule has 2 aromatic heterocycles. The molecule has 2 heterocycles. The molecule has 4 nitrogen and oxygen atoms in total. The minimum Gasteiger partial charge on any atom is -0.339 e. The van der Waals surface area contributed by atoms with E-state index in [1.165, 1.54) is 0 Å². The summed E-state index contributed by atoms with van der Waals surface area (Å²) in [7, 11) is 0. The van der Waals surface area contributed by atoms with Gasteiger partial charge in [-0.05, 0) is 19.1 Å². The zero-order chi connectivity index (χ0) is 9.97. The van der Waals surface area contributed by atoms with E-state index in [0.717, 1.165) is 17.8 Å². The van der Waals surface area contributed by atoms with Crippen LogP contribution in [0.2, 0.25) is 0 Å². The van der Waals surface area contributed by atoms with Gasteiger partial charge in [0.2, 0.25) is 11.7 Å². The first-order chi connectivity index (χ1) is 6.79. The molecule has 0 amide bonds. The van der Waals surface area contributed by atoms with Gasteiger partial charge in [0.1, 0.15) is 5.69 Å². The van der Waals surface area contributed by atoms with Gasteiger partial charge in [-0.1, -0.05) is 18.1 Å². The van der Waals surface area contributed by atoms with Gasteiger partial charge in [-0.3, -0.25) is 0 Å². The number of nitrogens with zero attached hydrogens (tertiary/aromatic N) is 3. The third kappa shape index (κ3) is 1.64. The molecule has 0 fully saturated rings. The van der Waals surface area contributed by atoms with Crippen LogP contribution in [0, 0.1) is 6.92 Å². The van der Waals surface area contributed by atoms with E-state index < -0.39 is 0 Å². The molecule has 0 unspecified atom stereocenters. The Hall–Kier alpha value is -1.71. The summed E-state index contributed by atoms with van der Waals surface area (Å²) in [6.45, 7) is 3.91. The number of hydrogen-bond acceptors (Lipinski definition) is 4. The molecule has 0 N–H and O–H groups in total. The predicted molar refractivity (Wildman–Crippen MR) is 51.6 cm³/mol. The number of aromatic nitrogens is 3. The second-order valence-electron chi connectivity index (χ2n) is 3.03. The molecule has 2 rings (SSSR count). The van der Waals surface area contributed by atoms with Crippen LogP contribution in [0.1, 0.15) is 18.5 Å². The first-order valence-corrected chi connectivity index (χ1v) is 4.56. The minimum atomic E-state index is 0.561. The molecule has 0 bridgehead atoms. The van der Waals surface area contributed by atoms with Crippen molar-refractivity contribution >= 4 is 0 Å². The lowest BCUT2D eigenvalue weighted by atomic mass is 10.3. The maximum absolute atomic E-state index is 5.01. The van der Waals surface area contributed by atoms with Crippen molar-refractivity contribution in [1.82, 2.24) is 15.1 Å². The van der Waals surface area contributed by atoms with Crippen LogP contribution in [-0.4, -0.2) is 15.1 Å². The van der Waals surface area contributed by atoms with Gasteiger partial charge >= 0.3 is 0 Å². The van der Waals surface area contributed by atoms with Crippen molar-refractivity contribution in [3.8, 4) is 11.5 Å². The highest BCUT2D eigenvalue weighted by molar-refractivity contribution is 5.47. The van der Waals surface area contributed by atoms with E-state index >= 15 is 0 Å². The molecule has 2 aromatic rings. The molecule has 0 radical (unpaired) electrons. The van der Waals surface area contributed by atoms with Gasteiger partial charge < -0.3 is 4.52 Å². The van der Waals surface area contributed by atoms with E-state index in [2.05, 4.69) is 15.1 Å². The number of aryl methyl sites for hydroxylation is 2. The van der Waals surface area contributed by atoms with Gasteiger partial charge in [0.05, 0.1) is 0 Å². The quantitative estimate of drug-likeness (QED) is 0.725. The Morgan fingerprint density at radius 2 is 2.14 bits per heavy atom. The summed E-state index contributed by atoms with van der Waals surface area (Å²) in [4.78, 5) is 8.51. The molecule has 0 saturated heterocycles. The summed E-state index contributed by atoms with van der Waals surface area (Å²) in [5.74, 6) is 1.20. The Bertz CT molecular complexity index is 436. The molecule has 0 aliphatic carbocycles. The molecule has 0 aliphatic heterocycles. The monoisotopic (exact) mass is 189 g/mol. The SMILES string of the molecule is CCc1nc(-c2cccc(C)n2)no1. The summed E-state index contributed by atoms with van der Waals surface area (Å²) >= 11 is 0. The molecule has 0 spiro atoms. The Kier molecular flexibility index (Phi) is 2.26. The van der Waals surface area contributed by atoms with E-state index in [0.29, 0.717) is 11.7 Å². The fraction of sp³-hybridized carbons (Fsp3) is 0.300. The van der Waals surface area contributed by atoms with Crippen molar-refractivity contribution in [2.45, 2.75) is 20.3 Å². The predicted octanol–water partition coefficient (Wildman–Crippen LogP) is 2.00. The maximum Gasteiger partial charge on any atom is 0.226 e. The van der Waals surface area contributed by atoms with Crippen LogP contribution in [-0.2, 0) is 6.42 Å². The van der Waals surface area contributed by atoms with Gasteiger partial charge in [-0.2, -0.15) is 4.98 Å². The van der Waals surface area contributed by atoms with Crippen LogP contribution in [0.15, 0.2) is 22.7 Å². The Labute approximate surface area is 82.0 Å². The Morgan fingerprint density at radius 3 is 2.79 bits per heavy atom. The standard InChI is InChI=1S/C10H11N3O/c1-3-9-12-10(13-14-9)8-6-4-5-7(2)11-8/h4-6H,3H2,1-2H3. The normalized spacial score (nSPS) is 10.4. The highest BCUT2D eigenvalue weighted by Crippen LogP contribution is 2.13. The molecule has 0 aromatic carbocycles. The second kappa shape index (κ2) is 3.57. The van der Waals surface area contributed by atoms with E-state index in [-0.39, 0.29) is 0 Å². The topological polar surface area (TPSA) is 51.8 Å². The van der Waals surface area contributed by atoms with Crippen LogP contribution in [0.5, 0.6) is 0 Å². The van der Waals surface area contributed by atoms with Crippen LogP contribution in [0.4, 0.5) is 0 Å². The van der Waals surface area contributed by atoms with Crippen molar-refractivity contribution in [2.24, 2.45) is 0 Å². The summed E-state index contributed by atoms with van der Waals surface area (Å²) < 4.78 is 5.01. The van der Waals surface area contributed by atoms with E-state index in [1.807, 2.05) is 32.0 Å². The number of rotatable bonds is 2. The third-order valence-electron chi connectivity index (χ3n) is 1.89. The van der Waals surface area contributed by atoms with Crippen LogP contribution in [0.3, 0.4) is 0 Å². The molecule has 4 heteroatoms. The summed E-state index contributed by atoms with van der Waals surface area (Å²) in [6.07, 6.45) is 0.749. The van der Waals surface area contributed by atoms with Gasteiger partial charge in [-0.15, -0.1) is 0 Å². The lowest BCUT2D eigenvalue weighted by molar-refractivity contribution is 0.382. The zero-order valence-corrected chi connectivity index (χ0v) is 8.19. The Morgan fingerprint density at radius 1 is 1.29 bits per heavy atom. The van der Waals surface area contributed by atoms with Gasteiger partial charge in [-0.25, -0.2) is 4.98 Å². The molecule has 0 saturated carbocycles. The molecule has 0 atom stereocenters. The fourth-order valence-corrected chi connectivity index (χ4v) is 1.17.